The van der Waals surface area contributed by atoms with Gasteiger partial charge < -0.3 is 23.5 Å². The van der Waals surface area contributed by atoms with Gasteiger partial charge >= 0.3 is 27.9 Å². The fourth-order valence-electron chi connectivity index (χ4n) is 10.3. The topological polar surface area (TPSA) is 30.8 Å². The normalized spacial score (nSPS) is 18.2. The number of fused-ring (bicyclic) bond motifs is 16. The predicted molar refractivity (Wildman–Crippen MR) is 264 cm³/mol. The maximum Gasteiger partial charge on any atom is 0.380 e. The van der Waals surface area contributed by atoms with E-state index in [1.807, 2.05) is 12.2 Å². The summed E-state index contributed by atoms with van der Waals surface area (Å²) in [7, 11) is 0. The van der Waals surface area contributed by atoms with E-state index in [4.69, 9.17) is 4.98 Å². The molecule has 0 bridgehead atoms. The van der Waals surface area contributed by atoms with E-state index in [0.29, 0.717) is 0 Å². The van der Waals surface area contributed by atoms with Crippen LogP contribution in [-0.2, 0) is 0 Å². The number of rotatable bonds is 4. The van der Waals surface area contributed by atoms with E-state index < -0.39 is 0 Å². The zero-order valence-corrected chi connectivity index (χ0v) is 34.4. The van der Waals surface area contributed by atoms with E-state index in [1.54, 1.807) is 0 Å². The highest BCUT2D eigenvalue weighted by atomic mass is 15.3. The minimum Gasteiger partial charge on any atom is -0.423 e. The van der Waals surface area contributed by atoms with Crippen molar-refractivity contribution >= 4 is 66.5 Å². The summed E-state index contributed by atoms with van der Waals surface area (Å²) in [5.41, 5.74) is 14.5. The van der Waals surface area contributed by atoms with Crippen molar-refractivity contribution < 1.29 is 0 Å². The molecule has 4 aromatic carbocycles. The molecule has 62 heavy (non-hydrogen) atoms. The average molecular weight is 792 g/mol. The molecule has 1 saturated heterocycles. The molecule has 12 rings (SSSR count). The second-order valence-electron chi connectivity index (χ2n) is 16.4. The Morgan fingerprint density at radius 1 is 0.548 bits per heavy atom. The van der Waals surface area contributed by atoms with E-state index >= 15 is 0 Å². The highest BCUT2D eigenvalue weighted by Crippen LogP contribution is 2.46. The van der Waals surface area contributed by atoms with Crippen LogP contribution in [0.5, 0.6) is 0 Å². The zero-order chi connectivity index (χ0) is 41.3. The molecule has 5 aliphatic heterocycles. The van der Waals surface area contributed by atoms with Crippen LogP contribution >= 0.6 is 0 Å². The largest absolute Gasteiger partial charge is 0.423 e. The van der Waals surface area contributed by atoms with Gasteiger partial charge in [-0.3, -0.25) is 0 Å². The number of hydrogen-bond acceptors (Lipinski definition) is 5. The van der Waals surface area contributed by atoms with Crippen molar-refractivity contribution in [2.24, 2.45) is 0 Å². The van der Waals surface area contributed by atoms with Gasteiger partial charge in [-0.1, -0.05) is 140 Å². The van der Waals surface area contributed by atoms with Crippen LogP contribution in [0.3, 0.4) is 0 Å². The molecule has 7 heterocycles. The molecule has 6 aliphatic rings. The molecule has 0 unspecified atom stereocenters. The van der Waals surface area contributed by atoms with Gasteiger partial charge in [0.1, 0.15) is 0 Å². The lowest BCUT2D eigenvalue weighted by atomic mass is 9.42. The number of hydrogen-bond donors (Lipinski definition) is 0. The first-order valence-corrected chi connectivity index (χ1v) is 21.5. The Morgan fingerprint density at radius 3 is 1.76 bits per heavy atom. The van der Waals surface area contributed by atoms with Crippen LogP contribution in [-0.4, -0.2) is 56.4 Å². The average Bonchev–Trinajstić information content (AvgIpc) is 3.67. The van der Waals surface area contributed by atoms with Gasteiger partial charge in [-0.05, 0) is 114 Å². The molecule has 0 N–H and O–H groups in total. The molecule has 1 aliphatic carbocycles. The second-order valence-corrected chi connectivity index (χ2v) is 16.4. The quantitative estimate of drug-likeness (QED) is 0.131. The molecule has 290 valence electrons. The van der Waals surface area contributed by atoms with Crippen LogP contribution in [0.1, 0.15) is 23.9 Å². The monoisotopic (exact) mass is 792 g/mol. The first-order chi connectivity index (χ1) is 30.7. The number of nitrogens with zero attached hydrogens (tertiary/aromatic N) is 6. The smallest absolute Gasteiger partial charge is 0.380 e. The first kappa shape index (κ1) is 36.3. The Kier molecular flexibility index (Phi) is 8.52. The van der Waals surface area contributed by atoms with Crippen molar-refractivity contribution in [1.82, 2.24) is 28.4 Å². The van der Waals surface area contributed by atoms with Gasteiger partial charge in [0.25, 0.3) is 0 Å². The molecule has 0 amide bonds. The van der Waals surface area contributed by atoms with E-state index in [9.17, 15) is 0 Å². The molecule has 0 atom stereocenters. The summed E-state index contributed by atoms with van der Waals surface area (Å²) in [5.74, 6) is 9.21. The number of benzene rings is 4. The van der Waals surface area contributed by atoms with E-state index in [-0.39, 0.29) is 27.9 Å². The SMILES string of the molecule is C=C/C=C\C1=C(/C)c2ccc(-n3c4ccccc4c4ccccc43)cc2-c2ccccc2-c2ccc(C3=CN4B5C=CC=CN5B5C=CC=CN5B5C=CC=CN5B4C=C3)nc21. The number of aromatic nitrogens is 2. The molecule has 1 fully saturated rings. The Morgan fingerprint density at radius 2 is 1.11 bits per heavy atom. The van der Waals surface area contributed by atoms with E-state index in [1.165, 1.54) is 38.5 Å². The van der Waals surface area contributed by atoms with Crippen molar-refractivity contribution in [2.75, 3.05) is 0 Å². The van der Waals surface area contributed by atoms with Crippen LogP contribution in [0.25, 0.3) is 66.5 Å². The van der Waals surface area contributed by atoms with Crippen molar-refractivity contribution in [3.05, 3.63) is 236 Å². The van der Waals surface area contributed by atoms with Gasteiger partial charge in [0.15, 0.2) is 0 Å². The Labute approximate surface area is 364 Å². The fraction of sp³-hybridized carbons (Fsp3) is 0.0192. The fourth-order valence-corrected chi connectivity index (χ4v) is 10.3. The third kappa shape index (κ3) is 5.60. The van der Waals surface area contributed by atoms with Crippen molar-refractivity contribution in [3.63, 3.8) is 0 Å². The summed E-state index contributed by atoms with van der Waals surface area (Å²) in [6, 6.07) is 37.7. The lowest BCUT2D eigenvalue weighted by Crippen LogP contribution is -2.73. The Hall–Kier alpha value is -7.57. The van der Waals surface area contributed by atoms with Gasteiger partial charge in [-0.15, -0.1) is 0 Å². The molecule has 10 heteroatoms. The van der Waals surface area contributed by atoms with Crippen LogP contribution < -0.4 is 0 Å². The summed E-state index contributed by atoms with van der Waals surface area (Å²) in [6.45, 7) is 6.35. The third-order valence-corrected chi connectivity index (χ3v) is 13.1. The lowest BCUT2D eigenvalue weighted by Gasteiger charge is -2.53. The molecule has 6 aromatic rings. The number of allylic oxidation sites excluding steroid dienone is 13. The zero-order valence-electron chi connectivity index (χ0n) is 34.4. The maximum absolute atomic E-state index is 5.65. The number of para-hydroxylation sites is 2. The number of pyridine rings is 1. The summed E-state index contributed by atoms with van der Waals surface area (Å²) in [6.07, 6.45) is 30.2. The van der Waals surface area contributed by atoms with Gasteiger partial charge in [0.05, 0.1) is 22.4 Å². The standard InChI is InChI=1S/C52H40B4N6/c1-3-4-17-42-38(2)41-25-24-40(62-50-22-9-7-20-45(50)46-21-8-10-23-51(46)62)36-48(41)44-19-6-5-18-43(44)47-26-27-49(57-52(42)47)39-28-32-56-60-35-15-12-30-54(60)58-33-14-11-29-53(58)59-34-16-13-31-55(59)61(56)37-39/h3-37H,1H2,2H3/b17-4-,41-38?,42-38-,47-43?,48-44?,52-42?. The summed E-state index contributed by atoms with van der Waals surface area (Å²) in [5, 5.41) is 2.51. The van der Waals surface area contributed by atoms with Gasteiger partial charge in [0.2, 0.25) is 0 Å². The van der Waals surface area contributed by atoms with E-state index in [2.05, 4.69) is 237 Å². The molecule has 0 spiro atoms. The van der Waals surface area contributed by atoms with Crippen LogP contribution in [0.2, 0.25) is 0 Å². The van der Waals surface area contributed by atoms with Crippen LogP contribution in [0, 0.1) is 0 Å². The van der Waals surface area contributed by atoms with Crippen molar-refractivity contribution in [2.45, 2.75) is 6.92 Å². The minimum absolute atomic E-state index is 0.0257. The van der Waals surface area contributed by atoms with Crippen molar-refractivity contribution in [3.8, 4) is 27.9 Å². The Balaban J connectivity index is 1.01. The van der Waals surface area contributed by atoms with Crippen molar-refractivity contribution in [1.29, 1.82) is 0 Å². The molecular formula is C52H40B4N6. The summed E-state index contributed by atoms with van der Waals surface area (Å²) >= 11 is 0. The van der Waals surface area contributed by atoms with Crippen LogP contribution in [0.15, 0.2) is 219 Å². The van der Waals surface area contributed by atoms with E-state index in [0.717, 1.165) is 44.9 Å². The molecule has 2 aromatic heterocycles. The lowest BCUT2D eigenvalue weighted by molar-refractivity contribution is 0.622. The first-order valence-electron chi connectivity index (χ1n) is 21.5. The van der Waals surface area contributed by atoms with Gasteiger partial charge in [-0.2, -0.15) is 0 Å². The van der Waals surface area contributed by atoms with Gasteiger partial charge in [-0.25, -0.2) is 4.98 Å². The molecule has 0 radical (unpaired) electrons. The minimum atomic E-state index is -0.0257. The summed E-state index contributed by atoms with van der Waals surface area (Å²) in [4.78, 5) is 5.65. The van der Waals surface area contributed by atoms with Gasteiger partial charge in [0, 0.05) is 33.2 Å². The maximum atomic E-state index is 5.65. The highest BCUT2D eigenvalue weighted by Gasteiger charge is 2.50. The van der Waals surface area contributed by atoms with Crippen LogP contribution in [0.4, 0.5) is 0 Å². The molecule has 6 nitrogen and oxygen atoms in total. The molecule has 0 saturated carbocycles. The predicted octanol–water partition coefficient (Wildman–Crippen LogP) is 11.0. The Bertz CT molecular complexity index is 3110. The summed E-state index contributed by atoms with van der Waals surface area (Å²) < 4.78 is 12.2. The third-order valence-electron chi connectivity index (χ3n) is 13.1. The highest BCUT2D eigenvalue weighted by molar-refractivity contribution is 6.92. The molecular weight excluding hydrogens is 752 g/mol. The second kappa shape index (κ2) is 14.6.